The minimum Gasteiger partial charge on any atom is -0.356 e. The lowest BCUT2D eigenvalue weighted by atomic mass is 10.00. The molecule has 1 heterocycles. The van der Waals surface area contributed by atoms with Crippen LogP contribution < -0.4 is 10.6 Å². The standard InChI is InChI=1S/C24H30N4O.HI/c1-3-25-23(29)22-12-10-19(11-13-22)18-27-24(26-4-2)28-16-14-21(15-17-28)20-8-6-5-7-9-20;/h5-14H,3-4,15-18H2,1-2H3,(H,25,29)(H,26,27);1H. The van der Waals surface area contributed by atoms with Crippen LogP contribution in [0, 0.1) is 0 Å². The average molecular weight is 518 g/mol. The van der Waals surface area contributed by atoms with Crippen LogP contribution in [-0.4, -0.2) is 42.9 Å². The van der Waals surface area contributed by atoms with Crippen LogP contribution in [-0.2, 0) is 6.54 Å². The molecule has 0 spiro atoms. The first-order chi connectivity index (χ1) is 14.2. The van der Waals surface area contributed by atoms with Crippen molar-refractivity contribution in [1.82, 2.24) is 15.5 Å². The summed E-state index contributed by atoms with van der Waals surface area (Å²) in [6, 6.07) is 18.2. The molecule has 0 aliphatic carbocycles. The molecule has 0 saturated carbocycles. The molecule has 5 nitrogen and oxygen atoms in total. The maximum absolute atomic E-state index is 11.9. The Labute approximate surface area is 196 Å². The van der Waals surface area contributed by atoms with Gasteiger partial charge in [0, 0.05) is 31.7 Å². The average Bonchev–Trinajstić information content (AvgIpc) is 2.78. The fourth-order valence-corrected chi connectivity index (χ4v) is 3.39. The van der Waals surface area contributed by atoms with E-state index in [0.717, 1.165) is 37.6 Å². The predicted molar refractivity (Wildman–Crippen MR) is 135 cm³/mol. The summed E-state index contributed by atoms with van der Waals surface area (Å²) in [6.07, 6.45) is 3.31. The first-order valence-corrected chi connectivity index (χ1v) is 10.4. The van der Waals surface area contributed by atoms with E-state index in [0.29, 0.717) is 18.7 Å². The number of hydrogen-bond acceptors (Lipinski definition) is 2. The molecule has 0 fully saturated rings. The van der Waals surface area contributed by atoms with Crippen LogP contribution in [0.4, 0.5) is 0 Å². The van der Waals surface area contributed by atoms with Gasteiger partial charge in [-0.15, -0.1) is 24.0 Å². The van der Waals surface area contributed by atoms with E-state index in [1.807, 2.05) is 31.2 Å². The summed E-state index contributed by atoms with van der Waals surface area (Å²) in [6.45, 7) is 7.86. The van der Waals surface area contributed by atoms with Crippen molar-refractivity contribution in [3.63, 3.8) is 0 Å². The third kappa shape index (κ3) is 6.58. The second-order valence-electron chi connectivity index (χ2n) is 7.02. The number of carbonyl (C=O) groups is 1. The van der Waals surface area contributed by atoms with Gasteiger partial charge in [0.25, 0.3) is 5.91 Å². The highest BCUT2D eigenvalue weighted by molar-refractivity contribution is 14.0. The van der Waals surface area contributed by atoms with Crippen molar-refractivity contribution in [2.45, 2.75) is 26.8 Å². The van der Waals surface area contributed by atoms with Gasteiger partial charge in [0.2, 0.25) is 0 Å². The zero-order chi connectivity index (χ0) is 20.5. The summed E-state index contributed by atoms with van der Waals surface area (Å²) in [5.41, 5.74) is 4.48. The van der Waals surface area contributed by atoms with Crippen molar-refractivity contribution in [3.8, 4) is 0 Å². The van der Waals surface area contributed by atoms with Gasteiger partial charge in [0.05, 0.1) is 6.54 Å². The van der Waals surface area contributed by atoms with Gasteiger partial charge in [-0.2, -0.15) is 0 Å². The molecule has 1 aliphatic rings. The molecule has 3 rings (SSSR count). The van der Waals surface area contributed by atoms with E-state index in [4.69, 9.17) is 4.99 Å². The largest absolute Gasteiger partial charge is 0.356 e. The fraction of sp³-hybridized carbons (Fsp3) is 0.333. The van der Waals surface area contributed by atoms with E-state index in [9.17, 15) is 4.79 Å². The molecule has 0 aromatic heterocycles. The van der Waals surface area contributed by atoms with Crippen LogP contribution in [0.5, 0.6) is 0 Å². The Morgan fingerprint density at radius 3 is 2.30 bits per heavy atom. The lowest BCUT2D eigenvalue weighted by Gasteiger charge is -2.30. The number of rotatable bonds is 6. The molecule has 0 unspecified atom stereocenters. The van der Waals surface area contributed by atoms with Gasteiger partial charge in [0.15, 0.2) is 5.96 Å². The van der Waals surface area contributed by atoms with Crippen LogP contribution in [0.25, 0.3) is 5.57 Å². The molecule has 0 saturated heterocycles. The van der Waals surface area contributed by atoms with Crippen LogP contribution >= 0.6 is 24.0 Å². The van der Waals surface area contributed by atoms with E-state index < -0.39 is 0 Å². The van der Waals surface area contributed by atoms with Crippen LogP contribution in [0.15, 0.2) is 65.7 Å². The highest BCUT2D eigenvalue weighted by atomic mass is 127. The SMILES string of the molecule is CCNC(=O)c1ccc(CN=C(NCC)N2CC=C(c3ccccc3)CC2)cc1.I. The minimum absolute atomic E-state index is 0. The molecule has 0 bridgehead atoms. The molecular formula is C24H31IN4O. The van der Waals surface area contributed by atoms with Gasteiger partial charge in [-0.1, -0.05) is 48.5 Å². The van der Waals surface area contributed by atoms with E-state index in [-0.39, 0.29) is 29.9 Å². The van der Waals surface area contributed by atoms with Crippen molar-refractivity contribution in [1.29, 1.82) is 0 Å². The van der Waals surface area contributed by atoms with Crippen LogP contribution in [0.2, 0.25) is 0 Å². The number of benzene rings is 2. The van der Waals surface area contributed by atoms with Gasteiger partial charge in [-0.3, -0.25) is 4.79 Å². The van der Waals surface area contributed by atoms with Crippen LogP contribution in [0.1, 0.15) is 41.8 Å². The second kappa shape index (κ2) is 12.4. The lowest BCUT2D eigenvalue weighted by molar-refractivity contribution is 0.0956. The normalized spacial score (nSPS) is 13.9. The number of guanidine groups is 1. The molecular weight excluding hydrogens is 487 g/mol. The van der Waals surface area contributed by atoms with E-state index in [1.54, 1.807) is 0 Å². The molecule has 6 heteroatoms. The summed E-state index contributed by atoms with van der Waals surface area (Å²) in [5.74, 6) is 0.897. The van der Waals surface area contributed by atoms with Crippen LogP contribution in [0.3, 0.4) is 0 Å². The zero-order valence-corrected chi connectivity index (χ0v) is 20.1. The molecule has 30 heavy (non-hydrogen) atoms. The third-order valence-electron chi connectivity index (χ3n) is 4.95. The number of nitrogens with zero attached hydrogens (tertiary/aromatic N) is 2. The summed E-state index contributed by atoms with van der Waals surface area (Å²) in [7, 11) is 0. The summed E-state index contributed by atoms with van der Waals surface area (Å²) < 4.78 is 0. The Hall–Kier alpha value is -2.35. The van der Waals surface area contributed by atoms with E-state index in [1.165, 1.54) is 11.1 Å². The maximum atomic E-state index is 11.9. The van der Waals surface area contributed by atoms with Crippen molar-refractivity contribution in [2.24, 2.45) is 4.99 Å². The van der Waals surface area contributed by atoms with Crippen molar-refractivity contribution >= 4 is 41.4 Å². The molecule has 0 radical (unpaired) electrons. The maximum Gasteiger partial charge on any atom is 0.251 e. The van der Waals surface area contributed by atoms with Gasteiger partial charge in [-0.25, -0.2) is 4.99 Å². The number of aliphatic imine (C=N–C) groups is 1. The Bertz CT molecular complexity index is 863. The van der Waals surface area contributed by atoms with Gasteiger partial charge in [-0.05, 0) is 49.1 Å². The molecule has 1 aliphatic heterocycles. The van der Waals surface area contributed by atoms with Crippen molar-refractivity contribution in [3.05, 3.63) is 77.4 Å². The van der Waals surface area contributed by atoms with E-state index >= 15 is 0 Å². The minimum atomic E-state index is -0.0368. The zero-order valence-electron chi connectivity index (χ0n) is 17.7. The monoisotopic (exact) mass is 518 g/mol. The number of carbonyl (C=O) groups excluding carboxylic acids is 1. The fourth-order valence-electron chi connectivity index (χ4n) is 3.39. The smallest absolute Gasteiger partial charge is 0.251 e. The summed E-state index contributed by atoms with van der Waals surface area (Å²) >= 11 is 0. The number of amides is 1. The van der Waals surface area contributed by atoms with Gasteiger partial charge in [0.1, 0.15) is 0 Å². The van der Waals surface area contributed by atoms with Crippen molar-refractivity contribution in [2.75, 3.05) is 26.2 Å². The Morgan fingerprint density at radius 1 is 1.00 bits per heavy atom. The molecule has 1 amide bonds. The molecule has 0 atom stereocenters. The highest BCUT2D eigenvalue weighted by Gasteiger charge is 2.16. The topological polar surface area (TPSA) is 56.7 Å². The Morgan fingerprint density at radius 2 is 1.70 bits per heavy atom. The van der Waals surface area contributed by atoms with Gasteiger partial charge >= 0.3 is 0 Å². The third-order valence-corrected chi connectivity index (χ3v) is 4.95. The first-order valence-electron chi connectivity index (χ1n) is 10.4. The second-order valence-corrected chi connectivity index (χ2v) is 7.02. The Kier molecular flexibility index (Phi) is 9.86. The molecule has 2 N–H and O–H groups in total. The van der Waals surface area contributed by atoms with E-state index in [2.05, 4.69) is 58.9 Å². The molecule has 160 valence electrons. The van der Waals surface area contributed by atoms with Crippen molar-refractivity contribution < 1.29 is 4.79 Å². The first kappa shape index (κ1) is 23.9. The number of halogens is 1. The van der Waals surface area contributed by atoms with Gasteiger partial charge < -0.3 is 15.5 Å². The molecule has 2 aromatic carbocycles. The Balaban J connectivity index is 0.00000320. The lowest BCUT2D eigenvalue weighted by Crippen LogP contribution is -2.43. The number of nitrogens with one attached hydrogen (secondary N) is 2. The molecule has 2 aromatic rings. The highest BCUT2D eigenvalue weighted by Crippen LogP contribution is 2.22. The predicted octanol–water partition coefficient (Wildman–Crippen LogP) is 4.31. The summed E-state index contributed by atoms with van der Waals surface area (Å²) in [4.78, 5) is 19.0. The quantitative estimate of drug-likeness (QED) is 0.341. The number of hydrogen-bond donors (Lipinski definition) is 2. The summed E-state index contributed by atoms with van der Waals surface area (Å²) in [5, 5.41) is 6.22.